The average Bonchev–Trinajstić information content (AvgIpc) is 3.28. The first-order valence-electron chi connectivity index (χ1n) is 9.17. The van der Waals surface area contributed by atoms with Gasteiger partial charge in [0.05, 0.1) is 23.3 Å². The largest absolute Gasteiger partial charge is 0.423 e. The normalized spacial score (nSPS) is 9.61. The Morgan fingerprint density at radius 3 is 2.32 bits per heavy atom. The number of nitrogens with one attached hydrogen (secondary N) is 1. The van der Waals surface area contributed by atoms with Crippen LogP contribution in [-0.2, 0) is 6.42 Å². The summed E-state index contributed by atoms with van der Waals surface area (Å²) in [7, 11) is 0. The van der Waals surface area contributed by atoms with Crippen LogP contribution in [0.2, 0.25) is 0 Å². The first kappa shape index (κ1) is 20.7. The molecule has 28 heavy (non-hydrogen) atoms. The highest BCUT2D eigenvalue weighted by molar-refractivity contribution is 5.59. The smallest absolute Gasteiger partial charge is 0.247 e. The van der Waals surface area contributed by atoms with Crippen LogP contribution in [0, 0.1) is 29.6 Å². The monoisotopic (exact) mass is 373 g/mol. The minimum Gasteiger partial charge on any atom is -0.423 e. The molecule has 3 rings (SSSR count). The third kappa shape index (κ3) is 5.18. The zero-order valence-electron chi connectivity index (χ0n) is 16.4. The van der Waals surface area contributed by atoms with Crippen molar-refractivity contribution in [1.82, 2.24) is 10.2 Å². The second kappa shape index (κ2) is 10.5. The topological polar surface area (TPSA) is 98.5 Å². The molecule has 1 aromatic heterocycles. The summed E-state index contributed by atoms with van der Waals surface area (Å²) in [5.74, 6) is 0.462. The summed E-state index contributed by atoms with van der Waals surface area (Å²) in [6.45, 7) is 7.28. The molecule has 0 unspecified atom stereocenters. The summed E-state index contributed by atoms with van der Waals surface area (Å²) in [5, 5.41) is 28.2. The molecule has 6 heteroatoms. The van der Waals surface area contributed by atoms with E-state index in [4.69, 9.17) is 14.9 Å². The van der Waals surface area contributed by atoms with E-state index in [-0.39, 0.29) is 0 Å². The minimum atomic E-state index is 0.462. The Kier molecular flexibility index (Phi) is 7.75. The average molecular weight is 373 g/mol. The molecule has 0 bridgehead atoms. The van der Waals surface area contributed by atoms with Crippen molar-refractivity contribution in [2.45, 2.75) is 33.6 Å². The summed E-state index contributed by atoms with van der Waals surface area (Å²) >= 11 is 0. The van der Waals surface area contributed by atoms with Crippen molar-refractivity contribution in [2.24, 2.45) is 0 Å². The maximum atomic E-state index is 8.93. The van der Waals surface area contributed by atoms with Crippen LogP contribution in [0.1, 0.15) is 42.5 Å². The number of aromatic nitrogens is 2. The van der Waals surface area contributed by atoms with E-state index in [1.54, 1.807) is 24.3 Å². The zero-order valence-corrected chi connectivity index (χ0v) is 16.4. The fourth-order valence-electron chi connectivity index (χ4n) is 2.75. The van der Waals surface area contributed by atoms with Crippen LogP contribution in [0.15, 0.2) is 47.2 Å². The van der Waals surface area contributed by atoms with Gasteiger partial charge in [-0.1, -0.05) is 13.8 Å². The molecule has 1 N–H and O–H groups in total. The van der Waals surface area contributed by atoms with Gasteiger partial charge in [0.2, 0.25) is 12.3 Å². The third-order valence-electron chi connectivity index (χ3n) is 4.26. The Morgan fingerprint density at radius 2 is 1.79 bits per heavy atom. The molecule has 0 aliphatic carbocycles. The zero-order chi connectivity index (χ0) is 20.4. The van der Waals surface area contributed by atoms with Gasteiger partial charge in [-0.05, 0) is 67.3 Å². The lowest BCUT2D eigenvalue weighted by molar-refractivity contribution is 0.568. The van der Waals surface area contributed by atoms with Crippen LogP contribution in [0.5, 0.6) is 0 Å². The molecular weight excluding hydrogens is 350 g/mol. The number of benzene rings is 2. The van der Waals surface area contributed by atoms with Crippen molar-refractivity contribution in [3.63, 3.8) is 0 Å². The molecule has 0 aliphatic heterocycles. The van der Waals surface area contributed by atoms with Crippen molar-refractivity contribution >= 4 is 5.69 Å². The summed E-state index contributed by atoms with van der Waals surface area (Å²) in [6, 6.07) is 15.1. The van der Waals surface area contributed by atoms with Gasteiger partial charge in [-0.2, -0.15) is 10.5 Å². The molecule has 0 fully saturated rings. The maximum absolute atomic E-state index is 8.93. The molecule has 2 aromatic carbocycles. The van der Waals surface area contributed by atoms with E-state index in [9.17, 15) is 0 Å². The highest BCUT2D eigenvalue weighted by Gasteiger charge is 2.07. The molecule has 0 amide bonds. The van der Waals surface area contributed by atoms with Crippen molar-refractivity contribution in [3.8, 4) is 23.6 Å². The Morgan fingerprint density at radius 1 is 1.04 bits per heavy atom. The Labute approximate surface area is 165 Å². The van der Waals surface area contributed by atoms with Crippen LogP contribution in [0.25, 0.3) is 11.5 Å². The van der Waals surface area contributed by atoms with Crippen molar-refractivity contribution < 1.29 is 4.42 Å². The molecule has 0 spiro atoms. The van der Waals surface area contributed by atoms with E-state index in [1.165, 1.54) is 17.6 Å². The van der Waals surface area contributed by atoms with Crippen LogP contribution >= 0.6 is 0 Å². The second-order valence-corrected chi connectivity index (χ2v) is 6.09. The van der Waals surface area contributed by atoms with Gasteiger partial charge in [-0.25, -0.2) is 0 Å². The Hall–Kier alpha value is -3.64. The van der Waals surface area contributed by atoms with E-state index in [2.05, 4.69) is 35.4 Å². The van der Waals surface area contributed by atoms with Gasteiger partial charge < -0.3 is 9.73 Å². The van der Waals surface area contributed by atoms with Crippen LogP contribution in [0.4, 0.5) is 5.69 Å². The van der Waals surface area contributed by atoms with E-state index in [1.807, 2.05) is 25.1 Å². The second-order valence-electron chi connectivity index (χ2n) is 6.09. The van der Waals surface area contributed by atoms with Gasteiger partial charge in [0.1, 0.15) is 0 Å². The molecule has 3 aromatic rings. The summed E-state index contributed by atoms with van der Waals surface area (Å²) in [5.41, 5.74) is 5.77. The Bertz CT molecular complexity index is 964. The number of rotatable bonds is 5. The summed E-state index contributed by atoms with van der Waals surface area (Å²) in [4.78, 5) is 0. The lowest BCUT2D eigenvalue weighted by atomic mass is 9.99. The lowest BCUT2D eigenvalue weighted by Gasteiger charge is -2.13. The van der Waals surface area contributed by atoms with E-state index >= 15 is 0 Å². The van der Waals surface area contributed by atoms with E-state index in [0.717, 1.165) is 36.1 Å². The molecule has 0 saturated carbocycles. The molecule has 6 nitrogen and oxygen atoms in total. The fraction of sp³-hybridized carbons (Fsp3) is 0.273. The Balaban J connectivity index is 0.000000202. The van der Waals surface area contributed by atoms with Crippen molar-refractivity contribution in [1.29, 1.82) is 10.5 Å². The molecule has 0 aliphatic rings. The van der Waals surface area contributed by atoms with Crippen molar-refractivity contribution in [2.75, 3.05) is 11.9 Å². The van der Waals surface area contributed by atoms with Gasteiger partial charge in [0.25, 0.3) is 0 Å². The number of nitrogens with zero attached hydrogens (tertiary/aromatic N) is 4. The van der Waals surface area contributed by atoms with Gasteiger partial charge >= 0.3 is 0 Å². The molecule has 142 valence electrons. The quantitative estimate of drug-likeness (QED) is 0.686. The highest BCUT2D eigenvalue weighted by Crippen LogP contribution is 2.23. The number of anilines is 1. The molecule has 0 saturated heterocycles. The van der Waals surface area contributed by atoms with Gasteiger partial charge in [-0.15, -0.1) is 10.2 Å². The lowest BCUT2D eigenvalue weighted by Crippen LogP contribution is -2.04. The van der Waals surface area contributed by atoms with Gasteiger partial charge in [-0.3, -0.25) is 0 Å². The standard InChI is InChI=1S/C13H18N2.C9H5N3O/c1-4-8-15-13-7-6-11(9-14)10(3)12(13)5-2;10-5-7-1-3-8(4-2-7)9-12-11-6-13-9/h6-7,15H,4-5,8H2,1-3H3;1-4,6H. The number of nitriles is 2. The van der Waals surface area contributed by atoms with Crippen LogP contribution in [-0.4, -0.2) is 16.7 Å². The summed E-state index contributed by atoms with van der Waals surface area (Å²) < 4.78 is 4.99. The fourth-order valence-corrected chi connectivity index (χ4v) is 2.75. The molecular formula is C22H23N5O. The first-order valence-corrected chi connectivity index (χ1v) is 9.17. The molecule has 1 heterocycles. The predicted octanol–water partition coefficient (Wildman–Crippen LogP) is 4.86. The van der Waals surface area contributed by atoms with Crippen molar-refractivity contribution in [3.05, 3.63) is 65.0 Å². The number of hydrogen-bond donors (Lipinski definition) is 1. The van der Waals surface area contributed by atoms with Crippen LogP contribution in [0.3, 0.4) is 0 Å². The predicted molar refractivity (Wildman–Crippen MR) is 109 cm³/mol. The first-order chi connectivity index (χ1) is 13.6. The van der Waals surface area contributed by atoms with Gasteiger partial charge in [0.15, 0.2) is 0 Å². The maximum Gasteiger partial charge on any atom is 0.247 e. The van der Waals surface area contributed by atoms with E-state index in [0.29, 0.717) is 11.5 Å². The van der Waals surface area contributed by atoms with Gasteiger partial charge in [0, 0.05) is 17.8 Å². The van der Waals surface area contributed by atoms with E-state index < -0.39 is 0 Å². The molecule has 0 radical (unpaired) electrons. The molecule has 0 atom stereocenters. The highest BCUT2D eigenvalue weighted by atomic mass is 16.4. The SMILES string of the molecule is CCCNc1ccc(C#N)c(C)c1CC.N#Cc1ccc(-c2nnco2)cc1. The minimum absolute atomic E-state index is 0.462. The third-order valence-corrected chi connectivity index (χ3v) is 4.26. The summed E-state index contributed by atoms with van der Waals surface area (Å²) in [6.07, 6.45) is 3.35. The number of hydrogen-bond acceptors (Lipinski definition) is 6. The van der Waals surface area contributed by atoms with Crippen LogP contribution < -0.4 is 5.32 Å².